The molecule has 2 atom stereocenters. The van der Waals surface area contributed by atoms with Crippen molar-refractivity contribution in [3.63, 3.8) is 0 Å². The van der Waals surface area contributed by atoms with E-state index in [1.165, 1.54) is 12.7 Å². The first-order chi connectivity index (χ1) is 27.4. The third-order valence-corrected chi connectivity index (χ3v) is 12.7. The van der Waals surface area contributed by atoms with Gasteiger partial charge in [-0.15, -0.1) is 0 Å². The summed E-state index contributed by atoms with van der Waals surface area (Å²) in [5.41, 5.74) is 3.78. The van der Waals surface area contributed by atoms with Gasteiger partial charge in [0.1, 0.15) is 9.84 Å². The third-order valence-electron chi connectivity index (χ3n) is 11.8. The number of ether oxygens (including phenoxy) is 2. The van der Waals surface area contributed by atoms with Crippen LogP contribution in [0.15, 0.2) is 60.7 Å². The molecule has 3 fully saturated rings. The Hall–Kier alpha value is -4.79. The van der Waals surface area contributed by atoms with Crippen molar-refractivity contribution in [3.8, 4) is 11.5 Å². The minimum Gasteiger partial charge on any atom is -0.493 e. The number of amides is 4. The van der Waals surface area contributed by atoms with Gasteiger partial charge in [-0.1, -0.05) is 36.4 Å². The SMILES string of the molecule is CCOc1cc([C@@H](CS(C)(=O)=O)N2C(=O)c3cccc(NC4CCN(CC5CCN(Cc6ccc(C7CCC(=O)NC7=O)cc6)CC5)CC4)c3C2=O)ccc1OC. The summed E-state index contributed by atoms with van der Waals surface area (Å²) in [4.78, 5) is 58.0. The molecule has 4 heterocycles. The molecule has 57 heavy (non-hydrogen) atoms. The van der Waals surface area contributed by atoms with E-state index >= 15 is 0 Å². The van der Waals surface area contributed by atoms with Crippen molar-refractivity contribution < 1.29 is 37.1 Å². The first kappa shape index (κ1) is 40.4. The minimum absolute atomic E-state index is 0.120. The van der Waals surface area contributed by atoms with Crippen LogP contribution >= 0.6 is 0 Å². The van der Waals surface area contributed by atoms with Gasteiger partial charge in [-0.2, -0.15) is 0 Å². The number of carbonyl (C=O) groups excluding carboxylic acids is 4. The van der Waals surface area contributed by atoms with Gasteiger partial charge in [0.05, 0.1) is 42.6 Å². The normalized spacial score (nSPS) is 20.7. The Kier molecular flexibility index (Phi) is 12.3. The molecular formula is C43H53N5O8S. The van der Waals surface area contributed by atoms with Crippen LogP contribution in [0.1, 0.15) is 94.8 Å². The molecular weight excluding hydrogens is 747 g/mol. The van der Waals surface area contributed by atoms with Gasteiger partial charge in [-0.25, -0.2) is 8.42 Å². The van der Waals surface area contributed by atoms with E-state index in [-0.39, 0.29) is 34.9 Å². The van der Waals surface area contributed by atoms with Crippen molar-refractivity contribution in [3.05, 3.63) is 88.5 Å². The van der Waals surface area contributed by atoms with E-state index in [1.807, 2.05) is 25.1 Å². The number of anilines is 1. The molecule has 1 unspecified atom stereocenters. The number of imide groups is 2. The Morgan fingerprint density at radius 3 is 2.25 bits per heavy atom. The van der Waals surface area contributed by atoms with Crippen LogP contribution in [-0.4, -0.2) is 111 Å². The summed E-state index contributed by atoms with van der Waals surface area (Å²) in [5.74, 6) is -0.639. The Morgan fingerprint density at radius 1 is 0.860 bits per heavy atom. The Bertz CT molecular complexity index is 2090. The lowest BCUT2D eigenvalue weighted by atomic mass is 9.90. The smallest absolute Gasteiger partial charge is 0.264 e. The predicted molar refractivity (Wildman–Crippen MR) is 216 cm³/mol. The monoisotopic (exact) mass is 799 g/mol. The number of nitrogens with one attached hydrogen (secondary N) is 2. The fourth-order valence-corrected chi connectivity index (χ4v) is 9.69. The number of fused-ring (bicyclic) bond motifs is 1. The number of rotatable bonds is 14. The maximum absolute atomic E-state index is 14.2. The van der Waals surface area contributed by atoms with Crippen molar-refractivity contribution in [2.75, 3.05) is 63.8 Å². The second-order valence-electron chi connectivity index (χ2n) is 15.8. The van der Waals surface area contributed by atoms with Crippen molar-refractivity contribution in [2.24, 2.45) is 5.92 Å². The molecule has 0 aliphatic carbocycles. The summed E-state index contributed by atoms with van der Waals surface area (Å²) in [5, 5.41) is 6.03. The molecule has 0 saturated carbocycles. The quantitative estimate of drug-likeness (QED) is 0.217. The van der Waals surface area contributed by atoms with Crippen LogP contribution < -0.4 is 20.1 Å². The Balaban J connectivity index is 0.919. The number of hydrogen-bond acceptors (Lipinski definition) is 11. The summed E-state index contributed by atoms with van der Waals surface area (Å²) >= 11 is 0. The number of carbonyl (C=O) groups is 4. The van der Waals surface area contributed by atoms with Gasteiger partial charge in [0, 0.05) is 50.6 Å². The molecule has 3 saturated heterocycles. The van der Waals surface area contributed by atoms with Gasteiger partial charge in [0.2, 0.25) is 11.8 Å². The molecule has 304 valence electrons. The van der Waals surface area contributed by atoms with E-state index in [1.54, 1.807) is 30.3 Å². The van der Waals surface area contributed by atoms with Gasteiger partial charge < -0.3 is 19.7 Å². The summed E-state index contributed by atoms with van der Waals surface area (Å²) in [6.45, 7) is 8.06. The maximum Gasteiger partial charge on any atom is 0.264 e. The molecule has 4 amide bonds. The van der Waals surface area contributed by atoms with Crippen molar-refractivity contribution in [1.82, 2.24) is 20.0 Å². The van der Waals surface area contributed by atoms with E-state index in [4.69, 9.17) is 9.47 Å². The zero-order chi connectivity index (χ0) is 40.3. The topological polar surface area (TPSA) is 155 Å². The highest BCUT2D eigenvalue weighted by Crippen LogP contribution is 2.39. The second kappa shape index (κ2) is 17.4. The van der Waals surface area contributed by atoms with Crippen LogP contribution in [0.25, 0.3) is 0 Å². The molecule has 0 radical (unpaired) electrons. The summed E-state index contributed by atoms with van der Waals surface area (Å²) in [6, 6.07) is 17.5. The van der Waals surface area contributed by atoms with E-state index in [9.17, 15) is 27.6 Å². The van der Waals surface area contributed by atoms with Gasteiger partial charge in [0.25, 0.3) is 11.8 Å². The van der Waals surface area contributed by atoms with Crippen LogP contribution in [0.2, 0.25) is 0 Å². The van der Waals surface area contributed by atoms with E-state index in [0.717, 1.165) is 81.7 Å². The van der Waals surface area contributed by atoms with Crippen molar-refractivity contribution in [1.29, 1.82) is 0 Å². The van der Waals surface area contributed by atoms with E-state index in [0.29, 0.717) is 48.1 Å². The maximum atomic E-state index is 14.2. The molecule has 0 bridgehead atoms. The fourth-order valence-electron chi connectivity index (χ4n) is 8.78. The lowest BCUT2D eigenvalue weighted by Gasteiger charge is -2.38. The molecule has 3 aromatic carbocycles. The lowest BCUT2D eigenvalue weighted by molar-refractivity contribution is -0.134. The van der Waals surface area contributed by atoms with Gasteiger partial charge in [0.15, 0.2) is 11.5 Å². The highest BCUT2D eigenvalue weighted by Gasteiger charge is 2.43. The Morgan fingerprint density at radius 2 is 1.58 bits per heavy atom. The van der Waals surface area contributed by atoms with Crippen LogP contribution in [0, 0.1) is 5.92 Å². The molecule has 3 aromatic rings. The van der Waals surface area contributed by atoms with Gasteiger partial charge in [-0.3, -0.25) is 34.3 Å². The predicted octanol–water partition coefficient (Wildman–Crippen LogP) is 4.78. The summed E-state index contributed by atoms with van der Waals surface area (Å²) in [6.07, 6.45) is 6.10. The average Bonchev–Trinajstić information content (AvgIpc) is 3.44. The average molecular weight is 800 g/mol. The molecule has 4 aliphatic heterocycles. The van der Waals surface area contributed by atoms with E-state index in [2.05, 4.69) is 32.6 Å². The number of likely N-dealkylation sites (tertiary alicyclic amines) is 2. The Labute approximate surface area is 335 Å². The molecule has 13 nitrogen and oxygen atoms in total. The molecule has 4 aliphatic rings. The molecule has 0 spiro atoms. The second-order valence-corrected chi connectivity index (χ2v) is 18.0. The molecule has 0 aromatic heterocycles. The summed E-state index contributed by atoms with van der Waals surface area (Å²) < 4.78 is 36.5. The largest absolute Gasteiger partial charge is 0.493 e. The lowest BCUT2D eigenvalue weighted by Crippen LogP contribution is -2.43. The van der Waals surface area contributed by atoms with Gasteiger partial charge in [-0.05, 0) is 99.0 Å². The highest BCUT2D eigenvalue weighted by atomic mass is 32.2. The highest BCUT2D eigenvalue weighted by molar-refractivity contribution is 7.90. The van der Waals surface area contributed by atoms with Crippen molar-refractivity contribution >= 4 is 39.2 Å². The number of piperidine rings is 3. The molecule has 14 heteroatoms. The number of benzene rings is 3. The van der Waals surface area contributed by atoms with Crippen LogP contribution in [0.4, 0.5) is 5.69 Å². The van der Waals surface area contributed by atoms with Crippen LogP contribution in [0.3, 0.4) is 0 Å². The number of methoxy groups -OCH3 is 1. The van der Waals surface area contributed by atoms with E-state index < -0.39 is 33.4 Å². The zero-order valence-electron chi connectivity index (χ0n) is 33.0. The first-order valence-corrected chi connectivity index (χ1v) is 22.1. The number of hydrogen-bond donors (Lipinski definition) is 2. The summed E-state index contributed by atoms with van der Waals surface area (Å²) in [7, 11) is -2.10. The molecule has 7 rings (SSSR count). The number of nitrogens with zero attached hydrogens (tertiary/aromatic N) is 3. The van der Waals surface area contributed by atoms with Crippen LogP contribution in [0.5, 0.6) is 11.5 Å². The van der Waals surface area contributed by atoms with Crippen LogP contribution in [-0.2, 0) is 26.0 Å². The van der Waals surface area contributed by atoms with Crippen molar-refractivity contribution in [2.45, 2.75) is 70.0 Å². The fraction of sp³-hybridized carbons (Fsp3) is 0.488. The van der Waals surface area contributed by atoms with Gasteiger partial charge >= 0.3 is 0 Å². The zero-order valence-corrected chi connectivity index (χ0v) is 33.8. The molecule has 2 N–H and O–H groups in total. The minimum atomic E-state index is -3.61. The first-order valence-electron chi connectivity index (χ1n) is 20.0. The number of sulfone groups is 1. The third kappa shape index (κ3) is 9.34. The standard InChI is InChI=1S/C43H53N5O8S/c1-4-56-38-24-31(12-14-37(38)55-2)36(27-57(3,53)54)48-42(51)34-6-5-7-35(40(34)43(48)52)44-32-18-22-47(23-19-32)26-29-16-20-46(21-17-29)25-28-8-10-30(11-9-28)33-13-15-39(49)45-41(33)50/h5-12,14,24,29,32-33,36,44H,4,13,15-23,25-27H2,1-3H3,(H,45,49,50)/t33?,36-/m1/s1.